The molecule has 5 heteroatoms. The van der Waals surface area contributed by atoms with Gasteiger partial charge in [0, 0.05) is 5.56 Å². The van der Waals surface area contributed by atoms with Gasteiger partial charge in [0.25, 0.3) is 11.7 Å². The number of amides is 1. The van der Waals surface area contributed by atoms with Gasteiger partial charge in [-0.05, 0) is 25.1 Å². The number of halogens is 2. The summed E-state index contributed by atoms with van der Waals surface area (Å²) in [6, 6.07) is 9.78. The molecule has 0 N–H and O–H groups in total. The van der Waals surface area contributed by atoms with E-state index < -0.39 is 17.5 Å². The van der Waals surface area contributed by atoms with Gasteiger partial charge in [-0.3, -0.25) is 9.59 Å². The van der Waals surface area contributed by atoms with Crippen molar-refractivity contribution in [1.82, 2.24) is 0 Å². The molecule has 0 bridgehead atoms. The van der Waals surface area contributed by atoms with Crippen LogP contribution in [0.15, 0.2) is 36.4 Å². The van der Waals surface area contributed by atoms with E-state index in [9.17, 15) is 14.0 Å². The highest BCUT2D eigenvalue weighted by molar-refractivity contribution is 6.52. The van der Waals surface area contributed by atoms with E-state index in [0.717, 1.165) is 5.56 Å². The smallest absolute Gasteiger partial charge is 0.299 e. The standard InChI is InChI=1S/C16H11ClFNO2/c1-9-5-6-13-11(7-9)15(20)16(21)19(13)8-10-3-2-4-12(17)14(10)18/h2-7H,8H2,1H3. The lowest BCUT2D eigenvalue weighted by atomic mass is 10.1. The fourth-order valence-electron chi connectivity index (χ4n) is 2.41. The van der Waals surface area contributed by atoms with Crippen LogP contribution in [0.2, 0.25) is 5.02 Å². The zero-order valence-electron chi connectivity index (χ0n) is 11.2. The second kappa shape index (κ2) is 4.97. The first-order chi connectivity index (χ1) is 9.99. The molecule has 0 aliphatic carbocycles. The molecular weight excluding hydrogens is 293 g/mol. The number of benzene rings is 2. The van der Waals surface area contributed by atoms with Gasteiger partial charge >= 0.3 is 0 Å². The predicted octanol–water partition coefficient (Wildman–Crippen LogP) is 3.52. The summed E-state index contributed by atoms with van der Waals surface area (Å²) >= 11 is 5.74. The van der Waals surface area contributed by atoms with Gasteiger partial charge in [-0.1, -0.05) is 35.4 Å². The van der Waals surface area contributed by atoms with Crippen LogP contribution >= 0.6 is 11.6 Å². The first-order valence-corrected chi connectivity index (χ1v) is 6.76. The number of ketones is 1. The maximum Gasteiger partial charge on any atom is 0.299 e. The lowest BCUT2D eigenvalue weighted by Gasteiger charge is -2.17. The molecule has 21 heavy (non-hydrogen) atoms. The monoisotopic (exact) mass is 303 g/mol. The van der Waals surface area contributed by atoms with Gasteiger partial charge in [-0.25, -0.2) is 4.39 Å². The Bertz CT molecular complexity index is 773. The first-order valence-electron chi connectivity index (χ1n) is 6.39. The van der Waals surface area contributed by atoms with Crippen LogP contribution in [0, 0.1) is 12.7 Å². The average Bonchev–Trinajstić information content (AvgIpc) is 2.69. The van der Waals surface area contributed by atoms with Crippen molar-refractivity contribution >= 4 is 29.0 Å². The number of fused-ring (bicyclic) bond motifs is 1. The molecule has 1 amide bonds. The number of hydrogen-bond acceptors (Lipinski definition) is 2. The molecular formula is C16H11ClFNO2. The van der Waals surface area contributed by atoms with Crippen molar-refractivity contribution < 1.29 is 14.0 Å². The molecule has 3 rings (SSSR count). The van der Waals surface area contributed by atoms with E-state index in [2.05, 4.69) is 0 Å². The Morgan fingerprint density at radius 3 is 2.71 bits per heavy atom. The van der Waals surface area contributed by atoms with E-state index in [1.54, 1.807) is 24.3 Å². The molecule has 106 valence electrons. The Hall–Kier alpha value is -2.20. The molecule has 2 aromatic rings. The fraction of sp³-hybridized carbons (Fsp3) is 0.125. The van der Waals surface area contributed by atoms with Gasteiger partial charge in [0.2, 0.25) is 0 Å². The van der Waals surface area contributed by atoms with E-state index in [1.165, 1.54) is 11.0 Å². The number of anilines is 1. The second-order valence-electron chi connectivity index (χ2n) is 4.95. The van der Waals surface area contributed by atoms with Gasteiger partial charge in [-0.2, -0.15) is 0 Å². The zero-order valence-corrected chi connectivity index (χ0v) is 11.9. The summed E-state index contributed by atoms with van der Waals surface area (Å²) < 4.78 is 14.0. The van der Waals surface area contributed by atoms with Crippen molar-refractivity contribution in [3.63, 3.8) is 0 Å². The van der Waals surface area contributed by atoms with Crippen LogP contribution in [0.1, 0.15) is 21.5 Å². The van der Waals surface area contributed by atoms with Crippen molar-refractivity contribution in [2.24, 2.45) is 0 Å². The number of carbonyl (C=O) groups excluding carboxylic acids is 2. The largest absolute Gasteiger partial charge is 0.300 e. The van der Waals surface area contributed by atoms with E-state index in [-0.39, 0.29) is 17.1 Å². The lowest BCUT2D eigenvalue weighted by Crippen LogP contribution is -2.29. The second-order valence-corrected chi connectivity index (χ2v) is 5.36. The molecule has 2 aromatic carbocycles. The average molecular weight is 304 g/mol. The minimum absolute atomic E-state index is 0.00500. The summed E-state index contributed by atoms with van der Waals surface area (Å²) in [5.41, 5.74) is 2.04. The van der Waals surface area contributed by atoms with Crippen LogP contribution in [-0.2, 0) is 11.3 Å². The van der Waals surface area contributed by atoms with E-state index in [1.807, 2.05) is 13.0 Å². The number of nitrogens with zero attached hydrogens (tertiary/aromatic N) is 1. The summed E-state index contributed by atoms with van der Waals surface area (Å²) in [5.74, 6) is -1.77. The fourth-order valence-corrected chi connectivity index (χ4v) is 2.61. The van der Waals surface area contributed by atoms with Crippen LogP contribution < -0.4 is 4.90 Å². The molecule has 1 aliphatic rings. The van der Waals surface area contributed by atoms with Crippen molar-refractivity contribution in [1.29, 1.82) is 0 Å². The van der Waals surface area contributed by atoms with Crippen LogP contribution in [0.4, 0.5) is 10.1 Å². The third kappa shape index (κ3) is 2.21. The Labute approximate surface area is 125 Å². The molecule has 1 heterocycles. The van der Waals surface area contributed by atoms with Crippen LogP contribution in [-0.4, -0.2) is 11.7 Å². The van der Waals surface area contributed by atoms with E-state index in [4.69, 9.17) is 11.6 Å². The number of carbonyl (C=O) groups is 2. The summed E-state index contributed by atoms with van der Waals surface area (Å²) in [7, 11) is 0. The summed E-state index contributed by atoms with van der Waals surface area (Å²) in [5, 5.41) is -0.00500. The molecule has 0 spiro atoms. The molecule has 0 atom stereocenters. The number of Topliss-reactive ketones (excluding diaryl/α,β-unsaturated/α-hetero) is 1. The highest BCUT2D eigenvalue weighted by Gasteiger charge is 2.36. The quantitative estimate of drug-likeness (QED) is 0.796. The van der Waals surface area contributed by atoms with Crippen molar-refractivity contribution in [2.45, 2.75) is 13.5 Å². The molecule has 1 aliphatic heterocycles. The lowest BCUT2D eigenvalue weighted by molar-refractivity contribution is -0.114. The Balaban J connectivity index is 2.03. The maximum atomic E-state index is 14.0. The molecule has 0 saturated heterocycles. The zero-order chi connectivity index (χ0) is 15.1. The van der Waals surface area contributed by atoms with Crippen LogP contribution in [0.5, 0.6) is 0 Å². The number of hydrogen-bond donors (Lipinski definition) is 0. The van der Waals surface area contributed by atoms with Crippen LogP contribution in [0.25, 0.3) is 0 Å². The first kappa shape index (κ1) is 13.8. The van der Waals surface area contributed by atoms with Crippen molar-refractivity contribution in [3.8, 4) is 0 Å². The summed E-state index contributed by atoms with van der Waals surface area (Å²) in [4.78, 5) is 25.4. The van der Waals surface area contributed by atoms with E-state index >= 15 is 0 Å². The molecule has 3 nitrogen and oxygen atoms in total. The van der Waals surface area contributed by atoms with Gasteiger partial charge < -0.3 is 4.90 Å². The normalized spacial score (nSPS) is 13.8. The van der Waals surface area contributed by atoms with E-state index in [0.29, 0.717) is 11.3 Å². The number of aryl methyl sites for hydroxylation is 1. The van der Waals surface area contributed by atoms with Crippen molar-refractivity contribution in [3.05, 3.63) is 63.9 Å². The Morgan fingerprint density at radius 2 is 1.95 bits per heavy atom. The minimum Gasteiger partial charge on any atom is -0.300 e. The maximum absolute atomic E-state index is 14.0. The number of rotatable bonds is 2. The predicted molar refractivity (Wildman–Crippen MR) is 78.1 cm³/mol. The highest BCUT2D eigenvalue weighted by atomic mass is 35.5. The highest BCUT2D eigenvalue weighted by Crippen LogP contribution is 2.32. The van der Waals surface area contributed by atoms with Gasteiger partial charge in [-0.15, -0.1) is 0 Å². The molecule has 0 radical (unpaired) electrons. The third-order valence-corrected chi connectivity index (χ3v) is 3.78. The molecule has 0 unspecified atom stereocenters. The SMILES string of the molecule is Cc1ccc2c(c1)C(=O)C(=O)N2Cc1cccc(Cl)c1F. The Kier molecular flexibility index (Phi) is 3.26. The molecule has 0 saturated carbocycles. The Morgan fingerprint density at radius 1 is 1.19 bits per heavy atom. The van der Waals surface area contributed by atoms with Crippen LogP contribution in [0.3, 0.4) is 0 Å². The minimum atomic E-state index is -0.644. The van der Waals surface area contributed by atoms with Gasteiger partial charge in [0.05, 0.1) is 22.8 Å². The third-order valence-electron chi connectivity index (χ3n) is 3.49. The van der Waals surface area contributed by atoms with Gasteiger partial charge in [0.1, 0.15) is 5.82 Å². The topological polar surface area (TPSA) is 37.4 Å². The van der Waals surface area contributed by atoms with Gasteiger partial charge in [0.15, 0.2) is 0 Å². The summed E-state index contributed by atoms with van der Waals surface area (Å²) in [6.45, 7) is 1.82. The molecule has 0 aromatic heterocycles. The van der Waals surface area contributed by atoms with Crippen molar-refractivity contribution in [2.75, 3.05) is 4.90 Å². The summed E-state index contributed by atoms with van der Waals surface area (Å²) in [6.07, 6.45) is 0. The molecule has 0 fully saturated rings.